The van der Waals surface area contributed by atoms with Gasteiger partial charge >= 0.3 is 0 Å². The van der Waals surface area contributed by atoms with Crippen molar-refractivity contribution in [2.75, 3.05) is 20.6 Å². The van der Waals surface area contributed by atoms with Crippen LogP contribution < -0.4 is 0 Å². The van der Waals surface area contributed by atoms with Crippen LogP contribution in [0.2, 0.25) is 0 Å². The van der Waals surface area contributed by atoms with Crippen LogP contribution in [0.4, 0.5) is 5.69 Å². The van der Waals surface area contributed by atoms with E-state index in [1.165, 1.54) is 6.07 Å². The molecule has 18 heavy (non-hydrogen) atoms. The summed E-state index contributed by atoms with van der Waals surface area (Å²) in [5.41, 5.74) is 2.21. The van der Waals surface area contributed by atoms with Crippen molar-refractivity contribution in [3.63, 3.8) is 0 Å². The van der Waals surface area contributed by atoms with Gasteiger partial charge in [0.15, 0.2) is 0 Å². The van der Waals surface area contributed by atoms with E-state index in [4.69, 9.17) is 0 Å². The zero-order chi connectivity index (χ0) is 12.4. The van der Waals surface area contributed by atoms with Crippen LogP contribution in [-0.2, 0) is 6.42 Å². The Morgan fingerprint density at radius 1 is 1.39 bits per heavy atom. The predicted octanol–water partition coefficient (Wildman–Crippen LogP) is 1.80. The number of hydrogen-bond donors (Lipinski definition) is 1. The summed E-state index contributed by atoms with van der Waals surface area (Å²) in [6, 6.07) is 4.91. The number of aromatic amines is 1. The third-order valence-electron chi connectivity index (χ3n) is 2.79. The summed E-state index contributed by atoms with van der Waals surface area (Å²) < 4.78 is 0. The van der Waals surface area contributed by atoms with Crippen molar-refractivity contribution in [2.45, 2.75) is 6.42 Å². The molecular weight excluding hydrogens is 229 g/mol. The number of hydrogen-bond acceptors (Lipinski definition) is 3. The van der Waals surface area contributed by atoms with Gasteiger partial charge in [0, 0.05) is 44.2 Å². The van der Waals surface area contributed by atoms with Crippen LogP contribution in [0.25, 0.3) is 10.9 Å². The Labute approximate surface area is 108 Å². The van der Waals surface area contributed by atoms with Crippen LogP contribution >= 0.6 is 0 Å². The molecule has 0 aliphatic heterocycles. The van der Waals surface area contributed by atoms with Crippen LogP contribution in [0.1, 0.15) is 5.56 Å². The van der Waals surface area contributed by atoms with Crippen molar-refractivity contribution < 1.29 is 4.92 Å². The van der Waals surface area contributed by atoms with E-state index in [-0.39, 0.29) is 19.0 Å². The van der Waals surface area contributed by atoms with Crippen LogP contribution in [-0.4, -0.2) is 43.9 Å². The number of aromatic nitrogens is 1. The second kappa shape index (κ2) is 5.68. The van der Waals surface area contributed by atoms with E-state index in [1.807, 2.05) is 20.3 Å². The average molecular weight is 244 g/mol. The highest BCUT2D eigenvalue weighted by Crippen LogP contribution is 2.23. The zero-order valence-electron chi connectivity index (χ0n) is 10.5. The lowest BCUT2D eigenvalue weighted by molar-refractivity contribution is -0.384. The molecule has 2 rings (SSSR count). The largest absolute Gasteiger partial charge is 0.361 e. The minimum atomic E-state index is -0.359. The molecule has 1 aromatic heterocycles. The number of nitrogens with one attached hydrogen (secondary N) is 1. The van der Waals surface area contributed by atoms with Gasteiger partial charge in [-0.1, -0.05) is 0 Å². The van der Waals surface area contributed by atoms with Crippen molar-refractivity contribution in [3.05, 3.63) is 40.1 Å². The maximum Gasteiger partial charge on any atom is 0.270 e. The van der Waals surface area contributed by atoms with Crippen LogP contribution in [0.5, 0.6) is 0 Å². The van der Waals surface area contributed by atoms with Gasteiger partial charge in [0.25, 0.3) is 5.69 Å². The monoisotopic (exact) mass is 244 g/mol. The maximum atomic E-state index is 10.7. The number of nitrogens with zero attached hydrogens (tertiary/aromatic N) is 2. The molecule has 1 heterocycles. The number of rotatable bonds is 4. The lowest BCUT2D eigenvalue weighted by atomic mass is 10.1. The summed E-state index contributed by atoms with van der Waals surface area (Å²) in [4.78, 5) is 15.6. The fourth-order valence-electron chi connectivity index (χ4n) is 1.83. The van der Waals surface area contributed by atoms with Crippen LogP contribution in [0, 0.1) is 10.1 Å². The summed E-state index contributed by atoms with van der Waals surface area (Å²) in [6.45, 7) is 0.926. The molecule has 5 nitrogen and oxygen atoms in total. The minimum Gasteiger partial charge on any atom is -0.361 e. The molecule has 0 bridgehead atoms. The Morgan fingerprint density at radius 3 is 2.72 bits per heavy atom. The molecule has 0 aliphatic carbocycles. The first-order valence-electron chi connectivity index (χ1n) is 5.47. The number of H-pyrrole nitrogens is 1. The van der Waals surface area contributed by atoms with E-state index in [0.717, 1.165) is 29.4 Å². The van der Waals surface area contributed by atoms with Crippen molar-refractivity contribution in [1.29, 1.82) is 0 Å². The Hall–Kier alpha value is -1.82. The van der Waals surface area contributed by atoms with Gasteiger partial charge in [-0.05, 0) is 32.1 Å². The predicted molar refractivity (Wildman–Crippen MR) is 73.0 cm³/mol. The minimum absolute atomic E-state index is 0. The van der Waals surface area contributed by atoms with Gasteiger partial charge in [-0.25, -0.2) is 0 Å². The summed E-state index contributed by atoms with van der Waals surface area (Å²) in [6.07, 6.45) is 2.81. The number of fused-ring (bicyclic) bond motifs is 1. The summed E-state index contributed by atoms with van der Waals surface area (Å²) >= 11 is 0. The molecule has 3 radical (unpaired) electrons. The number of non-ortho nitro benzene ring substituents is 1. The first-order valence-corrected chi connectivity index (χ1v) is 5.47. The van der Waals surface area contributed by atoms with Gasteiger partial charge in [-0.2, -0.15) is 0 Å². The summed E-state index contributed by atoms with van der Waals surface area (Å²) in [5, 5.41) is 11.7. The fourth-order valence-corrected chi connectivity index (χ4v) is 1.83. The topological polar surface area (TPSA) is 62.2 Å². The van der Waals surface area contributed by atoms with Crippen molar-refractivity contribution in [1.82, 2.24) is 9.88 Å². The van der Waals surface area contributed by atoms with Crippen molar-refractivity contribution in [3.8, 4) is 0 Å². The normalized spacial score (nSPS) is 10.6. The molecule has 0 spiro atoms. The second-order valence-electron chi connectivity index (χ2n) is 4.35. The molecule has 0 saturated carbocycles. The van der Waals surface area contributed by atoms with E-state index in [9.17, 15) is 10.1 Å². The molecule has 0 amide bonds. The summed E-state index contributed by atoms with van der Waals surface area (Å²) in [5.74, 6) is 0. The molecule has 0 atom stereocenters. The van der Waals surface area contributed by atoms with Crippen molar-refractivity contribution in [2.24, 2.45) is 0 Å². The third kappa shape index (κ3) is 2.90. The molecule has 1 aromatic carbocycles. The Morgan fingerprint density at radius 2 is 2.11 bits per heavy atom. The van der Waals surface area contributed by atoms with Crippen molar-refractivity contribution >= 4 is 25.0 Å². The molecular formula is C12H15BN3O2. The van der Waals surface area contributed by atoms with Crippen LogP contribution in [0.15, 0.2) is 24.4 Å². The lowest BCUT2D eigenvalue weighted by Crippen LogP contribution is -2.14. The quantitative estimate of drug-likeness (QED) is 0.506. The second-order valence-corrected chi connectivity index (χ2v) is 4.35. The van der Waals surface area contributed by atoms with E-state index in [0.29, 0.717) is 0 Å². The number of nitro benzene ring substituents is 1. The van der Waals surface area contributed by atoms with Gasteiger partial charge < -0.3 is 9.88 Å². The Bertz CT molecular complexity index is 551. The Kier molecular flexibility index (Phi) is 4.50. The fraction of sp³-hybridized carbons (Fsp3) is 0.333. The van der Waals surface area contributed by atoms with E-state index in [2.05, 4.69) is 9.88 Å². The molecule has 0 unspecified atom stereocenters. The van der Waals surface area contributed by atoms with Gasteiger partial charge in [0.2, 0.25) is 0 Å². The lowest BCUT2D eigenvalue weighted by Gasteiger charge is -2.07. The van der Waals surface area contributed by atoms with Gasteiger partial charge in [0.05, 0.1) is 4.92 Å². The SMILES string of the molecule is CN(C)CCc1c[nH]c2ccc([N+](=O)[O-])cc12.[B]. The molecule has 0 fully saturated rings. The highest BCUT2D eigenvalue weighted by molar-refractivity contribution is 5.85. The first kappa shape index (κ1) is 14.2. The first-order chi connectivity index (χ1) is 8.08. The standard InChI is InChI=1S/C12H15N3O2.B/c1-14(2)6-5-9-8-13-12-4-3-10(15(16)17)7-11(9)12;/h3-4,7-8,13H,5-6H2,1-2H3;. The highest BCUT2D eigenvalue weighted by atomic mass is 16.6. The molecule has 93 valence electrons. The number of benzene rings is 1. The average Bonchev–Trinajstić information content (AvgIpc) is 2.68. The number of nitro groups is 1. The maximum absolute atomic E-state index is 10.7. The van der Waals surface area contributed by atoms with Crippen LogP contribution in [0.3, 0.4) is 0 Å². The van der Waals surface area contributed by atoms with Gasteiger partial charge in [0.1, 0.15) is 0 Å². The Balaban J connectivity index is 0.00000162. The van der Waals surface area contributed by atoms with Gasteiger partial charge in [-0.15, -0.1) is 0 Å². The van der Waals surface area contributed by atoms with E-state index >= 15 is 0 Å². The van der Waals surface area contributed by atoms with Gasteiger partial charge in [-0.3, -0.25) is 10.1 Å². The third-order valence-corrected chi connectivity index (χ3v) is 2.79. The summed E-state index contributed by atoms with van der Waals surface area (Å²) in [7, 11) is 4.02. The molecule has 1 N–H and O–H groups in total. The highest BCUT2D eigenvalue weighted by Gasteiger charge is 2.10. The molecule has 6 heteroatoms. The number of likely N-dealkylation sites (N-methyl/N-ethyl adjacent to an activating group) is 1. The molecule has 0 aliphatic rings. The van der Waals surface area contributed by atoms with E-state index < -0.39 is 0 Å². The zero-order valence-corrected chi connectivity index (χ0v) is 10.5. The molecule has 0 saturated heterocycles. The smallest absolute Gasteiger partial charge is 0.270 e. The molecule has 2 aromatic rings. The van der Waals surface area contributed by atoms with E-state index in [1.54, 1.807) is 12.1 Å².